The second-order valence-corrected chi connectivity index (χ2v) is 5.88. The van der Waals surface area contributed by atoms with Gasteiger partial charge < -0.3 is 15.1 Å². The summed E-state index contributed by atoms with van der Waals surface area (Å²) < 4.78 is 13.3. The van der Waals surface area contributed by atoms with Gasteiger partial charge in [0.25, 0.3) is 0 Å². The molecule has 3 amide bonds. The summed E-state index contributed by atoms with van der Waals surface area (Å²) in [7, 11) is 0. The molecule has 2 heterocycles. The second-order valence-electron chi connectivity index (χ2n) is 5.88. The van der Waals surface area contributed by atoms with Crippen LogP contribution in [0.4, 0.5) is 14.9 Å². The summed E-state index contributed by atoms with van der Waals surface area (Å²) >= 11 is 0. The van der Waals surface area contributed by atoms with E-state index in [0.29, 0.717) is 12.2 Å². The maximum atomic E-state index is 13.3. The first-order chi connectivity index (χ1) is 10.6. The Labute approximate surface area is 129 Å². The molecule has 0 radical (unpaired) electrons. The number of hydrogen-bond donors (Lipinski definition) is 1. The lowest BCUT2D eigenvalue weighted by Gasteiger charge is -2.28. The van der Waals surface area contributed by atoms with Crippen LogP contribution in [-0.2, 0) is 4.79 Å². The largest absolute Gasteiger partial charge is 0.333 e. The molecule has 5 nitrogen and oxygen atoms in total. The monoisotopic (exact) mass is 305 g/mol. The Kier molecular flexibility index (Phi) is 4.27. The number of urea groups is 1. The van der Waals surface area contributed by atoms with Gasteiger partial charge in [-0.2, -0.15) is 0 Å². The first-order valence-electron chi connectivity index (χ1n) is 7.75. The highest BCUT2D eigenvalue weighted by Gasteiger charge is 2.32. The minimum absolute atomic E-state index is 0.0884. The average Bonchev–Trinajstić information content (AvgIpc) is 2.88. The summed E-state index contributed by atoms with van der Waals surface area (Å²) in [6.45, 7) is 1.95. The van der Waals surface area contributed by atoms with Crippen LogP contribution in [0.15, 0.2) is 24.3 Å². The quantitative estimate of drug-likeness (QED) is 0.910. The average molecular weight is 305 g/mol. The molecule has 0 saturated carbocycles. The number of carbonyl (C=O) groups is 2. The number of nitrogens with zero attached hydrogens (tertiary/aromatic N) is 2. The van der Waals surface area contributed by atoms with Crippen LogP contribution in [0.1, 0.15) is 25.7 Å². The van der Waals surface area contributed by atoms with Gasteiger partial charge in [0.1, 0.15) is 5.82 Å². The van der Waals surface area contributed by atoms with Crippen molar-refractivity contribution in [2.24, 2.45) is 0 Å². The molecule has 0 aliphatic carbocycles. The molecule has 0 aromatic heterocycles. The molecule has 1 unspecified atom stereocenters. The van der Waals surface area contributed by atoms with Crippen LogP contribution in [0.2, 0.25) is 0 Å². The molecular formula is C16H20FN3O2. The Morgan fingerprint density at radius 2 is 2.00 bits per heavy atom. The third-order valence-corrected chi connectivity index (χ3v) is 4.22. The number of rotatable bonds is 2. The molecule has 2 saturated heterocycles. The molecule has 6 heteroatoms. The van der Waals surface area contributed by atoms with Gasteiger partial charge in [0.05, 0.1) is 6.04 Å². The summed E-state index contributed by atoms with van der Waals surface area (Å²) in [4.78, 5) is 27.6. The van der Waals surface area contributed by atoms with Gasteiger partial charge in [0, 0.05) is 31.7 Å². The summed E-state index contributed by atoms with van der Waals surface area (Å²) in [5, 5.41) is 2.92. The van der Waals surface area contributed by atoms with Crippen molar-refractivity contribution in [3.63, 3.8) is 0 Å². The summed E-state index contributed by atoms with van der Waals surface area (Å²) in [6, 6.07) is 5.66. The molecule has 2 fully saturated rings. The Hall–Kier alpha value is -2.11. The number of benzene rings is 1. The standard InChI is InChI=1S/C16H20FN3O2/c17-12-5-4-6-14(9-12)20-11-13(10-15(20)21)18-16(22)19-7-2-1-3-8-19/h4-6,9,13H,1-3,7-8,10-11H2,(H,18,22). The minimum atomic E-state index is -0.369. The van der Waals surface area contributed by atoms with Gasteiger partial charge >= 0.3 is 6.03 Å². The van der Waals surface area contributed by atoms with Gasteiger partial charge in [0.15, 0.2) is 0 Å². The van der Waals surface area contributed by atoms with E-state index in [1.165, 1.54) is 23.5 Å². The second kappa shape index (κ2) is 6.34. The number of likely N-dealkylation sites (tertiary alicyclic amines) is 1. The lowest BCUT2D eigenvalue weighted by Crippen LogP contribution is -2.47. The molecule has 1 N–H and O–H groups in total. The summed E-state index contributed by atoms with van der Waals surface area (Å²) in [5.74, 6) is -0.458. The molecule has 0 bridgehead atoms. The van der Waals surface area contributed by atoms with Crippen molar-refractivity contribution in [2.45, 2.75) is 31.7 Å². The fourth-order valence-corrected chi connectivity index (χ4v) is 3.06. The van der Waals surface area contributed by atoms with Crippen molar-refractivity contribution < 1.29 is 14.0 Å². The predicted octanol–water partition coefficient (Wildman–Crippen LogP) is 2.13. The van der Waals surface area contributed by atoms with Gasteiger partial charge in [-0.15, -0.1) is 0 Å². The third-order valence-electron chi connectivity index (χ3n) is 4.22. The zero-order chi connectivity index (χ0) is 15.5. The van der Waals surface area contributed by atoms with Gasteiger partial charge in [-0.3, -0.25) is 4.79 Å². The first kappa shape index (κ1) is 14.8. The molecule has 1 aromatic carbocycles. The van der Waals surface area contributed by atoms with E-state index in [0.717, 1.165) is 25.9 Å². The van der Waals surface area contributed by atoms with Crippen LogP contribution in [0.5, 0.6) is 0 Å². The molecule has 1 aromatic rings. The number of carbonyl (C=O) groups excluding carboxylic acids is 2. The molecule has 22 heavy (non-hydrogen) atoms. The lowest BCUT2D eigenvalue weighted by atomic mass is 10.1. The molecular weight excluding hydrogens is 285 g/mol. The van der Waals surface area contributed by atoms with E-state index < -0.39 is 0 Å². The molecule has 3 rings (SSSR count). The maximum Gasteiger partial charge on any atom is 0.317 e. The summed E-state index contributed by atoms with van der Waals surface area (Å²) in [6.07, 6.45) is 3.49. The van der Waals surface area contributed by atoms with E-state index in [1.807, 2.05) is 0 Å². The topological polar surface area (TPSA) is 52.7 Å². The molecule has 2 aliphatic rings. The van der Waals surface area contributed by atoms with Crippen molar-refractivity contribution >= 4 is 17.6 Å². The lowest BCUT2D eigenvalue weighted by molar-refractivity contribution is -0.117. The predicted molar refractivity (Wildman–Crippen MR) is 81.1 cm³/mol. The van der Waals surface area contributed by atoms with E-state index in [1.54, 1.807) is 17.0 Å². The first-order valence-corrected chi connectivity index (χ1v) is 7.75. The van der Waals surface area contributed by atoms with Gasteiger partial charge in [-0.1, -0.05) is 6.07 Å². The van der Waals surface area contributed by atoms with Gasteiger partial charge in [-0.25, -0.2) is 9.18 Å². The number of halogens is 1. The number of anilines is 1. The Balaban J connectivity index is 1.61. The Morgan fingerprint density at radius 3 is 2.73 bits per heavy atom. The van der Waals surface area contributed by atoms with Crippen LogP contribution < -0.4 is 10.2 Å². The number of nitrogens with one attached hydrogen (secondary N) is 1. The van der Waals surface area contributed by atoms with Crippen molar-refractivity contribution in [3.8, 4) is 0 Å². The minimum Gasteiger partial charge on any atom is -0.333 e. The molecule has 118 valence electrons. The molecule has 0 spiro atoms. The van der Waals surface area contributed by atoms with E-state index >= 15 is 0 Å². The fourth-order valence-electron chi connectivity index (χ4n) is 3.06. The van der Waals surface area contributed by atoms with E-state index in [4.69, 9.17) is 0 Å². The molecule has 2 aliphatic heterocycles. The van der Waals surface area contributed by atoms with Crippen LogP contribution in [0, 0.1) is 5.82 Å². The Bertz CT molecular complexity index is 572. The smallest absolute Gasteiger partial charge is 0.317 e. The third kappa shape index (κ3) is 3.21. The van der Waals surface area contributed by atoms with E-state index in [2.05, 4.69) is 5.32 Å². The Morgan fingerprint density at radius 1 is 1.23 bits per heavy atom. The number of hydrogen-bond acceptors (Lipinski definition) is 2. The van der Waals surface area contributed by atoms with Crippen LogP contribution >= 0.6 is 0 Å². The van der Waals surface area contributed by atoms with Crippen molar-refractivity contribution in [1.82, 2.24) is 10.2 Å². The zero-order valence-corrected chi connectivity index (χ0v) is 12.4. The number of piperidine rings is 1. The highest BCUT2D eigenvalue weighted by Crippen LogP contribution is 2.22. The number of amides is 3. The summed E-state index contributed by atoms with van der Waals surface area (Å²) in [5.41, 5.74) is 0.541. The van der Waals surface area contributed by atoms with Crippen molar-refractivity contribution in [1.29, 1.82) is 0 Å². The maximum absolute atomic E-state index is 13.3. The normalized spacial score (nSPS) is 22.0. The van der Waals surface area contributed by atoms with Crippen molar-refractivity contribution in [3.05, 3.63) is 30.1 Å². The van der Waals surface area contributed by atoms with Gasteiger partial charge in [-0.05, 0) is 37.5 Å². The highest BCUT2D eigenvalue weighted by molar-refractivity contribution is 5.96. The highest BCUT2D eigenvalue weighted by atomic mass is 19.1. The molecule has 1 atom stereocenters. The van der Waals surface area contributed by atoms with Gasteiger partial charge in [0.2, 0.25) is 5.91 Å². The van der Waals surface area contributed by atoms with Crippen LogP contribution in [0.3, 0.4) is 0 Å². The van der Waals surface area contributed by atoms with Crippen molar-refractivity contribution in [2.75, 3.05) is 24.5 Å². The van der Waals surface area contributed by atoms with Crippen LogP contribution in [0.25, 0.3) is 0 Å². The SMILES string of the molecule is O=C(NC1CC(=O)N(c2cccc(F)c2)C1)N1CCCCC1. The zero-order valence-electron chi connectivity index (χ0n) is 12.4. The van der Waals surface area contributed by atoms with E-state index in [-0.39, 0.29) is 30.2 Å². The fraction of sp³-hybridized carbons (Fsp3) is 0.500. The van der Waals surface area contributed by atoms with Crippen LogP contribution in [-0.4, -0.2) is 42.5 Å². The van der Waals surface area contributed by atoms with E-state index in [9.17, 15) is 14.0 Å².